The van der Waals surface area contributed by atoms with Crippen molar-refractivity contribution in [3.05, 3.63) is 67.1 Å². The summed E-state index contributed by atoms with van der Waals surface area (Å²) in [5.74, 6) is 0.631. The van der Waals surface area contributed by atoms with Crippen molar-refractivity contribution in [3.63, 3.8) is 0 Å². The molecule has 2 aromatic carbocycles. The summed E-state index contributed by atoms with van der Waals surface area (Å²) in [4.78, 5) is 28.7. The molecule has 0 bridgehead atoms. The summed E-state index contributed by atoms with van der Waals surface area (Å²) in [7, 11) is 0. The third-order valence-corrected chi connectivity index (χ3v) is 4.99. The van der Waals surface area contributed by atoms with E-state index >= 15 is 0 Å². The molecule has 0 atom stereocenters. The second-order valence-corrected chi connectivity index (χ2v) is 7.85. The van der Waals surface area contributed by atoms with Crippen LogP contribution >= 0.6 is 31.9 Å². The van der Waals surface area contributed by atoms with Gasteiger partial charge in [-0.05, 0) is 64.3 Å². The average Bonchev–Trinajstić information content (AvgIpc) is 2.64. The Kier molecular flexibility index (Phi) is 6.41. The van der Waals surface area contributed by atoms with E-state index in [1.165, 1.54) is 11.6 Å². The van der Waals surface area contributed by atoms with E-state index in [0.29, 0.717) is 33.4 Å². The average molecular weight is 507 g/mol. The molecule has 0 amide bonds. The number of fused-ring (bicyclic) bond motifs is 1. The number of aromatic nitrogens is 2. The fourth-order valence-corrected chi connectivity index (χ4v) is 3.50. The molecule has 6 nitrogen and oxygen atoms in total. The van der Waals surface area contributed by atoms with Gasteiger partial charge in [0.2, 0.25) is 0 Å². The molecule has 3 aromatic rings. The quantitative estimate of drug-likeness (QED) is 0.286. The monoisotopic (exact) mass is 505 g/mol. The van der Waals surface area contributed by atoms with Gasteiger partial charge in [-0.2, -0.15) is 9.78 Å². The molecule has 0 saturated carbocycles. The van der Waals surface area contributed by atoms with Crippen LogP contribution in [0, 0.1) is 0 Å². The lowest BCUT2D eigenvalue weighted by atomic mass is 10.2. The molecule has 144 valence electrons. The first kappa shape index (κ1) is 20.4. The highest BCUT2D eigenvalue weighted by Gasteiger charge is 2.11. The largest absolute Gasteiger partial charge is 0.426 e. The summed E-state index contributed by atoms with van der Waals surface area (Å²) in [6.07, 6.45) is 3.05. The first-order chi connectivity index (χ1) is 13.4. The van der Waals surface area contributed by atoms with E-state index in [4.69, 9.17) is 4.74 Å². The number of benzene rings is 2. The van der Waals surface area contributed by atoms with Gasteiger partial charge in [0.25, 0.3) is 5.56 Å². The number of carbonyl (C=O) groups is 1. The van der Waals surface area contributed by atoms with E-state index in [1.807, 2.05) is 19.1 Å². The minimum atomic E-state index is -0.397. The molecule has 0 N–H and O–H groups in total. The number of aryl methyl sites for hydroxylation is 1. The van der Waals surface area contributed by atoms with Crippen LogP contribution in [0.25, 0.3) is 10.9 Å². The smallest absolute Gasteiger partial charge is 0.308 e. The van der Waals surface area contributed by atoms with Gasteiger partial charge in [-0.3, -0.25) is 9.59 Å². The lowest BCUT2D eigenvalue weighted by Gasteiger charge is -2.09. The molecule has 0 aliphatic heterocycles. The van der Waals surface area contributed by atoms with Crippen molar-refractivity contribution in [2.75, 3.05) is 0 Å². The molecule has 3 rings (SSSR count). The molecule has 0 saturated heterocycles. The van der Waals surface area contributed by atoms with E-state index in [0.717, 1.165) is 16.5 Å². The number of esters is 1. The Morgan fingerprint density at radius 3 is 2.71 bits per heavy atom. The van der Waals surface area contributed by atoms with Crippen LogP contribution in [-0.4, -0.2) is 21.8 Å². The van der Waals surface area contributed by atoms with Crippen molar-refractivity contribution in [2.45, 2.75) is 26.7 Å². The molecular weight excluding hydrogens is 490 g/mol. The van der Waals surface area contributed by atoms with Crippen LogP contribution < -0.4 is 10.3 Å². The maximum Gasteiger partial charge on any atom is 0.308 e. The second kappa shape index (κ2) is 8.79. The van der Waals surface area contributed by atoms with Crippen LogP contribution in [0.15, 0.2) is 55.2 Å². The first-order valence-corrected chi connectivity index (χ1v) is 10.2. The minimum Gasteiger partial charge on any atom is -0.426 e. The summed E-state index contributed by atoms with van der Waals surface area (Å²) < 4.78 is 7.86. The van der Waals surface area contributed by atoms with Gasteiger partial charge >= 0.3 is 5.97 Å². The Hall–Kier alpha value is -2.32. The summed E-state index contributed by atoms with van der Waals surface area (Å²) in [6.45, 7) is 3.37. The minimum absolute atomic E-state index is 0.221. The van der Waals surface area contributed by atoms with Crippen molar-refractivity contribution >= 4 is 54.9 Å². The number of nitrogens with zero attached hydrogens (tertiary/aromatic N) is 3. The molecule has 28 heavy (non-hydrogen) atoms. The molecule has 0 spiro atoms. The van der Waals surface area contributed by atoms with Crippen LogP contribution in [0.1, 0.15) is 31.7 Å². The van der Waals surface area contributed by atoms with Crippen LogP contribution in [0.2, 0.25) is 0 Å². The molecule has 0 radical (unpaired) electrons. The molecule has 8 heteroatoms. The Morgan fingerprint density at radius 1 is 1.25 bits per heavy atom. The molecule has 0 aliphatic rings. The molecule has 0 aliphatic carbocycles. The number of ether oxygens (including phenoxy) is 1. The van der Waals surface area contributed by atoms with Crippen molar-refractivity contribution in [2.24, 2.45) is 5.10 Å². The third-order valence-electron chi connectivity index (χ3n) is 3.88. The topological polar surface area (TPSA) is 73.6 Å². The van der Waals surface area contributed by atoms with Gasteiger partial charge in [-0.25, -0.2) is 4.98 Å². The number of halogens is 2. The fourth-order valence-electron chi connectivity index (χ4n) is 2.66. The zero-order valence-electron chi connectivity index (χ0n) is 15.3. The molecule has 0 fully saturated rings. The van der Waals surface area contributed by atoms with Gasteiger partial charge in [0, 0.05) is 17.8 Å². The van der Waals surface area contributed by atoms with E-state index in [2.05, 4.69) is 41.9 Å². The normalized spacial score (nSPS) is 11.3. The maximum absolute atomic E-state index is 13.0. The lowest BCUT2D eigenvalue weighted by molar-refractivity contribution is -0.131. The fraction of sp³-hybridized carbons (Fsp3) is 0.200. The highest BCUT2D eigenvalue weighted by Crippen LogP contribution is 2.25. The highest BCUT2D eigenvalue weighted by atomic mass is 79.9. The van der Waals surface area contributed by atoms with E-state index < -0.39 is 5.97 Å². The van der Waals surface area contributed by atoms with E-state index in [1.54, 1.807) is 30.5 Å². The molecule has 0 unspecified atom stereocenters. The molecule has 1 heterocycles. The van der Waals surface area contributed by atoms with Gasteiger partial charge in [0.15, 0.2) is 0 Å². The van der Waals surface area contributed by atoms with Crippen LogP contribution in [0.5, 0.6) is 5.75 Å². The SMILES string of the molecule is CCCc1nc2ccc(Br)cc2c(=O)n1N=Cc1ccc(OC(C)=O)c(Br)c1. The van der Waals surface area contributed by atoms with Crippen LogP contribution in [0.3, 0.4) is 0 Å². The lowest BCUT2D eigenvalue weighted by Crippen LogP contribution is -2.22. The molecular formula is C20H17Br2N3O3. The van der Waals surface area contributed by atoms with Crippen molar-refractivity contribution in [1.82, 2.24) is 9.66 Å². The van der Waals surface area contributed by atoms with Gasteiger partial charge in [-0.1, -0.05) is 22.9 Å². The summed E-state index contributed by atoms with van der Waals surface area (Å²) in [5, 5.41) is 4.88. The number of rotatable bonds is 5. The number of carbonyl (C=O) groups excluding carboxylic acids is 1. The second-order valence-electron chi connectivity index (χ2n) is 6.08. The van der Waals surface area contributed by atoms with Gasteiger partial charge in [0.05, 0.1) is 21.6 Å². The Bertz CT molecular complexity index is 1140. The Morgan fingerprint density at radius 2 is 2.04 bits per heavy atom. The van der Waals surface area contributed by atoms with Gasteiger partial charge in [0.1, 0.15) is 11.6 Å². The summed E-state index contributed by atoms with van der Waals surface area (Å²) in [5.41, 5.74) is 1.17. The highest BCUT2D eigenvalue weighted by molar-refractivity contribution is 9.10. The van der Waals surface area contributed by atoms with Gasteiger partial charge in [-0.15, -0.1) is 0 Å². The Labute approximate surface area is 178 Å². The van der Waals surface area contributed by atoms with Crippen LogP contribution in [0.4, 0.5) is 0 Å². The maximum atomic E-state index is 13.0. The van der Waals surface area contributed by atoms with Crippen LogP contribution in [-0.2, 0) is 11.2 Å². The molecule has 1 aromatic heterocycles. The number of hydrogen-bond acceptors (Lipinski definition) is 5. The standard InChI is InChI=1S/C20H17Br2N3O3/c1-3-4-19-24-17-7-6-14(21)10-15(17)20(27)25(19)23-11-13-5-8-18(16(22)9-13)28-12(2)26/h5-11H,3-4H2,1-2H3. The van der Waals surface area contributed by atoms with E-state index in [-0.39, 0.29) is 5.56 Å². The van der Waals surface area contributed by atoms with Crippen molar-refractivity contribution in [3.8, 4) is 5.75 Å². The van der Waals surface area contributed by atoms with Crippen molar-refractivity contribution < 1.29 is 9.53 Å². The Balaban J connectivity index is 2.04. The predicted octanol–water partition coefficient (Wildman–Crippen LogP) is 4.68. The van der Waals surface area contributed by atoms with Crippen molar-refractivity contribution in [1.29, 1.82) is 0 Å². The number of hydrogen-bond donors (Lipinski definition) is 0. The summed E-state index contributed by atoms with van der Waals surface area (Å²) in [6, 6.07) is 10.6. The zero-order valence-corrected chi connectivity index (χ0v) is 18.4. The van der Waals surface area contributed by atoms with Gasteiger partial charge < -0.3 is 4.74 Å². The zero-order chi connectivity index (χ0) is 20.3. The third kappa shape index (κ3) is 4.56. The summed E-state index contributed by atoms with van der Waals surface area (Å²) >= 11 is 6.76. The first-order valence-electron chi connectivity index (χ1n) is 8.62. The predicted molar refractivity (Wildman–Crippen MR) is 116 cm³/mol. The van der Waals surface area contributed by atoms with E-state index in [9.17, 15) is 9.59 Å².